The maximum atomic E-state index is 12.6. The zero-order chi connectivity index (χ0) is 17.9. The highest BCUT2D eigenvalue weighted by Crippen LogP contribution is 2.32. The maximum Gasteiger partial charge on any atom is 0.482 e. The molecule has 1 heterocycles. The van der Waals surface area contributed by atoms with Crippen molar-refractivity contribution in [1.29, 1.82) is 0 Å². The van der Waals surface area contributed by atoms with E-state index in [2.05, 4.69) is 22.6 Å². The average Bonchev–Trinajstić information content (AvgIpc) is 2.84. The molecule has 0 unspecified atom stereocenters. The van der Waals surface area contributed by atoms with Crippen LogP contribution in [0, 0.1) is 3.57 Å². The molecule has 4 N–H and O–H groups in total. The van der Waals surface area contributed by atoms with Crippen molar-refractivity contribution >= 4 is 75.9 Å². The van der Waals surface area contributed by atoms with Crippen molar-refractivity contribution in [2.45, 2.75) is 0 Å². The van der Waals surface area contributed by atoms with Crippen LogP contribution in [0.3, 0.4) is 0 Å². The van der Waals surface area contributed by atoms with Gasteiger partial charge in [0.15, 0.2) is 5.76 Å². The fourth-order valence-corrected chi connectivity index (χ4v) is 3.01. The standard InChI is InChI=1S/C15H8Cl2INO2.BH2O2/c16-7-1-3-9(11(17)5-7)14(20)15-13(19)10-4-2-8(18)6-12(10)21-15;2-1-3/h1-6H,19H2;2-3H. The molecule has 0 saturated heterocycles. The fourth-order valence-electron chi connectivity index (χ4n) is 2.05. The summed E-state index contributed by atoms with van der Waals surface area (Å²) in [6, 6.07) is 10.2. The van der Waals surface area contributed by atoms with E-state index in [1.165, 1.54) is 6.07 Å². The van der Waals surface area contributed by atoms with Crippen LogP contribution in [0.1, 0.15) is 16.1 Å². The van der Waals surface area contributed by atoms with Crippen LogP contribution in [0.15, 0.2) is 40.8 Å². The molecule has 0 spiro atoms. The first-order valence-corrected chi connectivity index (χ1v) is 8.30. The van der Waals surface area contributed by atoms with E-state index in [0.717, 1.165) is 3.57 Å². The van der Waals surface area contributed by atoms with E-state index in [0.29, 0.717) is 27.2 Å². The number of nitrogens with two attached hydrogens (primary N) is 1. The van der Waals surface area contributed by atoms with E-state index in [1.807, 2.05) is 18.2 Å². The topological polar surface area (TPSA) is 96.7 Å². The van der Waals surface area contributed by atoms with Gasteiger partial charge < -0.3 is 20.2 Å². The van der Waals surface area contributed by atoms with Crippen molar-refractivity contribution in [1.82, 2.24) is 0 Å². The lowest BCUT2D eigenvalue weighted by molar-refractivity contribution is 0.101. The van der Waals surface area contributed by atoms with Gasteiger partial charge in [0.1, 0.15) is 5.58 Å². The van der Waals surface area contributed by atoms with Gasteiger partial charge in [0, 0.05) is 19.5 Å². The first-order valence-electron chi connectivity index (χ1n) is 6.46. The van der Waals surface area contributed by atoms with Crippen LogP contribution in [0.5, 0.6) is 0 Å². The Morgan fingerprint density at radius 3 is 2.46 bits per heavy atom. The highest BCUT2D eigenvalue weighted by Gasteiger charge is 2.22. The van der Waals surface area contributed by atoms with Gasteiger partial charge in [0.05, 0.1) is 10.7 Å². The second-order valence-electron chi connectivity index (χ2n) is 4.55. The summed E-state index contributed by atoms with van der Waals surface area (Å²) in [4.78, 5) is 12.6. The highest BCUT2D eigenvalue weighted by atomic mass is 127. The molecule has 1 aromatic heterocycles. The number of carbonyl (C=O) groups is 1. The van der Waals surface area contributed by atoms with Crippen LogP contribution in [0.25, 0.3) is 11.0 Å². The molecular weight excluding hydrogens is 467 g/mol. The van der Waals surface area contributed by atoms with Crippen LogP contribution in [0.4, 0.5) is 5.69 Å². The lowest BCUT2D eigenvalue weighted by Gasteiger charge is -2.02. The Hall–Kier alpha value is -1.26. The molecule has 3 aromatic rings. The van der Waals surface area contributed by atoms with Gasteiger partial charge in [-0.2, -0.15) is 0 Å². The molecule has 24 heavy (non-hydrogen) atoms. The van der Waals surface area contributed by atoms with Crippen molar-refractivity contribution in [2.75, 3.05) is 5.73 Å². The van der Waals surface area contributed by atoms with Gasteiger partial charge in [-0.3, -0.25) is 4.79 Å². The van der Waals surface area contributed by atoms with Gasteiger partial charge in [-0.05, 0) is 59.0 Å². The Kier molecular flexibility index (Phi) is 6.53. The molecule has 0 aliphatic carbocycles. The number of furan rings is 1. The predicted molar refractivity (Wildman–Crippen MR) is 103 cm³/mol. The summed E-state index contributed by atoms with van der Waals surface area (Å²) in [7, 11) is 0. The summed E-state index contributed by atoms with van der Waals surface area (Å²) in [5.41, 5.74) is 7.22. The molecule has 2 aromatic carbocycles. The van der Waals surface area contributed by atoms with Gasteiger partial charge in [-0.25, -0.2) is 0 Å². The van der Waals surface area contributed by atoms with Crippen molar-refractivity contribution in [3.05, 3.63) is 61.3 Å². The van der Waals surface area contributed by atoms with E-state index in [-0.39, 0.29) is 24.3 Å². The van der Waals surface area contributed by atoms with Crippen molar-refractivity contribution in [3.63, 3.8) is 0 Å². The van der Waals surface area contributed by atoms with Gasteiger partial charge in [0.25, 0.3) is 0 Å². The quantitative estimate of drug-likeness (QED) is 0.298. The molecule has 9 heteroatoms. The zero-order valence-corrected chi connectivity index (χ0v) is 15.6. The number of fused-ring (bicyclic) bond motifs is 1. The first kappa shape index (κ1) is 19.1. The number of halogens is 3. The smallest absolute Gasteiger partial charge is 0.450 e. The first-order chi connectivity index (χ1) is 11.4. The molecule has 0 bridgehead atoms. The zero-order valence-electron chi connectivity index (χ0n) is 12.0. The maximum absolute atomic E-state index is 12.6. The van der Waals surface area contributed by atoms with Gasteiger partial charge >= 0.3 is 7.69 Å². The second-order valence-corrected chi connectivity index (χ2v) is 6.64. The third kappa shape index (κ3) is 4.04. The number of hydrogen-bond donors (Lipinski definition) is 3. The molecule has 0 aliphatic heterocycles. The van der Waals surface area contributed by atoms with Crippen molar-refractivity contribution in [2.24, 2.45) is 0 Å². The molecule has 5 nitrogen and oxygen atoms in total. The van der Waals surface area contributed by atoms with Gasteiger partial charge in [-0.1, -0.05) is 23.2 Å². The summed E-state index contributed by atoms with van der Waals surface area (Å²) in [6.07, 6.45) is 0. The van der Waals surface area contributed by atoms with Crippen LogP contribution in [-0.2, 0) is 0 Å². The van der Waals surface area contributed by atoms with Crippen molar-refractivity contribution in [3.8, 4) is 0 Å². The van der Waals surface area contributed by atoms with Gasteiger partial charge in [0.2, 0.25) is 5.78 Å². The fraction of sp³-hybridized carbons (Fsp3) is 0. The van der Waals surface area contributed by atoms with Gasteiger partial charge in [-0.15, -0.1) is 0 Å². The lowest BCUT2D eigenvalue weighted by atomic mass is 10.1. The Morgan fingerprint density at radius 1 is 1.17 bits per heavy atom. The number of ketones is 1. The second kappa shape index (κ2) is 8.22. The molecule has 1 radical (unpaired) electrons. The molecule has 0 saturated carbocycles. The summed E-state index contributed by atoms with van der Waals surface area (Å²) < 4.78 is 6.61. The molecule has 0 aliphatic rings. The van der Waals surface area contributed by atoms with Crippen LogP contribution >= 0.6 is 45.8 Å². The van der Waals surface area contributed by atoms with Crippen LogP contribution < -0.4 is 5.73 Å². The van der Waals surface area contributed by atoms with Crippen LogP contribution in [-0.4, -0.2) is 23.5 Å². The Balaban J connectivity index is 0.000000647. The largest absolute Gasteiger partial charge is 0.482 e. The number of anilines is 1. The summed E-state index contributed by atoms with van der Waals surface area (Å²) in [5.74, 6) is -0.267. The molecule has 0 amide bonds. The normalized spacial score (nSPS) is 10.2. The molecule has 0 fully saturated rings. The number of rotatable bonds is 2. The number of nitrogen functional groups attached to an aromatic ring is 1. The Bertz CT molecular complexity index is 901. The highest BCUT2D eigenvalue weighted by molar-refractivity contribution is 14.1. The average molecular weight is 477 g/mol. The molecule has 0 atom stereocenters. The van der Waals surface area contributed by atoms with Crippen LogP contribution in [0.2, 0.25) is 10.0 Å². The Labute approximate surface area is 161 Å². The minimum absolute atomic E-state index is 0. The third-order valence-electron chi connectivity index (χ3n) is 3.07. The van der Waals surface area contributed by atoms with E-state index < -0.39 is 0 Å². The number of benzene rings is 2. The summed E-state index contributed by atoms with van der Waals surface area (Å²) in [5, 5.41) is 15.4. The van der Waals surface area contributed by atoms with E-state index in [1.54, 1.807) is 12.1 Å². The summed E-state index contributed by atoms with van der Waals surface area (Å²) in [6.45, 7) is 0. The molecule has 123 valence electrons. The SMILES string of the molecule is Nc1c(C(=O)c2ccc(Cl)cc2Cl)oc2cc(I)ccc12.O[B]O. The monoisotopic (exact) mass is 476 g/mol. The number of hydrogen-bond acceptors (Lipinski definition) is 5. The van der Waals surface area contributed by atoms with E-state index in [4.69, 9.17) is 43.4 Å². The number of carbonyl (C=O) groups excluding carboxylic acids is 1. The lowest BCUT2D eigenvalue weighted by Crippen LogP contribution is -2.03. The third-order valence-corrected chi connectivity index (χ3v) is 4.29. The van der Waals surface area contributed by atoms with E-state index >= 15 is 0 Å². The molecule has 3 rings (SSSR count). The van der Waals surface area contributed by atoms with E-state index in [9.17, 15) is 4.79 Å². The van der Waals surface area contributed by atoms with Crippen molar-refractivity contribution < 1.29 is 19.3 Å². The summed E-state index contributed by atoms with van der Waals surface area (Å²) >= 11 is 14.1. The Morgan fingerprint density at radius 2 is 1.83 bits per heavy atom. The minimum atomic E-state index is -0.361. The molecular formula is C15H10BCl2INO4. The predicted octanol–water partition coefficient (Wildman–Crippen LogP) is 3.66. The minimum Gasteiger partial charge on any atom is -0.450 e.